The minimum absolute atomic E-state index is 0.248. The first-order valence-corrected chi connectivity index (χ1v) is 11.0. The normalized spacial score (nSPS) is 27.2. The summed E-state index contributed by atoms with van der Waals surface area (Å²) < 4.78 is 17.2. The van der Waals surface area contributed by atoms with E-state index < -0.39 is 6.10 Å². The maximum Gasteiger partial charge on any atom is 0.296 e. The Hall–Kier alpha value is -2.72. The van der Waals surface area contributed by atoms with Crippen LogP contribution in [0.25, 0.3) is 22.4 Å². The molecule has 32 heavy (non-hydrogen) atoms. The van der Waals surface area contributed by atoms with Crippen molar-refractivity contribution >= 4 is 28.6 Å². The number of halogens is 1. The van der Waals surface area contributed by atoms with Crippen LogP contribution in [0.15, 0.2) is 35.3 Å². The van der Waals surface area contributed by atoms with Gasteiger partial charge in [-0.2, -0.15) is 4.98 Å². The molecule has 0 saturated carbocycles. The van der Waals surface area contributed by atoms with E-state index in [2.05, 4.69) is 24.8 Å². The molecule has 166 valence electrons. The number of nitrogens with zero attached hydrogens (tertiary/aromatic N) is 4. The number of H-pyrrole nitrogens is 1. The predicted octanol–water partition coefficient (Wildman–Crippen LogP) is 1.88. The Balaban J connectivity index is 1.25. The summed E-state index contributed by atoms with van der Waals surface area (Å²) in [5, 5.41) is 10.4. The standard InChI is InChI=1S/C22H22ClN5O4/c1-28-7-6-24-21(28)12-4-2-11(3-5-12)17-13(23)8-14-20(26-17)27-22(25-14)32-16-10-31-18-15(29)9-30-19(16)18/h2-5,8,15-16,18-19,29H,6-7,9-10H2,1H3,(H,25,26,27)/t15-,16-,18?,19?/m1/s1. The van der Waals surface area contributed by atoms with Gasteiger partial charge in [0.1, 0.15) is 24.1 Å². The van der Waals surface area contributed by atoms with Crippen LogP contribution < -0.4 is 4.74 Å². The van der Waals surface area contributed by atoms with E-state index in [0.717, 1.165) is 30.1 Å². The van der Waals surface area contributed by atoms with Gasteiger partial charge in [0.2, 0.25) is 0 Å². The van der Waals surface area contributed by atoms with Gasteiger partial charge in [-0.3, -0.25) is 4.99 Å². The summed E-state index contributed by atoms with van der Waals surface area (Å²) in [5.41, 5.74) is 3.80. The number of aromatic nitrogens is 3. The second-order valence-electron chi connectivity index (χ2n) is 8.26. The Morgan fingerprint density at radius 2 is 1.91 bits per heavy atom. The summed E-state index contributed by atoms with van der Waals surface area (Å²) >= 11 is 6.55. The number of aromatic amines is 1. The van der Waals surface area contributed by atoms with Crippen LogP contribution in [-0.2, 0) is 9.47 Å². The largest absolute Gasteiger partial charge is 0.456 e. The zero-order chi connectivity index (χ0) is 21.8. The van der Waals surface area contributed by atoms with Crippen LogP contribution in [0, 0.1) is 0 Å². The van der Waals surface area contributed by atoms with Crippen LogP contribution in [0.3, 0.4) is 0 Å². The molecule has 2 aromatic heterocycles. The molecule has 0 spiro atoms. The molecule has 2 N–H and O–H groups in total. The van der Waals surface area contributed by atoms with Crippen molar-refractivity contribution in [3.05, 3.63) is 40.9 Å². The minimum Gasteiger partial charge on any atom is -0.456 e. The van der Waals surface area contributed by atoms with Crippen molar-refractivity contribution in [2.24, 2.45) is 4.99 Å². The summed E-state index contributed by atoms with van der Waals surface area (Å²) in [6.45, 7) is 2.34. The number of nitrogens with one attached hydrogen (secondary N) is 1. The quantitative estimate of drug-likeness (QED) is 0.618. The van der Waals surface area contributed by atoms with Gasteiger partial charge in [-0.25, -0.2) is 4.98 Å². The third-order valence-electron chi connectivity index (χ3n) is 6.12. The number of amidine groups is 1. The summed E-state index contributed by atoms with van der Waals surface area (Å²) in [5.74, 6) is 0.997. The SMILES string of the molecule is CN1CCN=C1c1ccc(-c2nc3nc(O[C@@H]4COC5C4OC[C@H]5O)[nH]c3cc2Cl)cc1. The van der Waals surface area contributed by atoms with Gasteiger partial charge in [-0.1, -0.05) is 35.9 Å². The summed E-state index contributed by atoms with van der Waals surface area (Å²) in [4.78, 5) is 19.0. The van der Waals surface area contributed by atoms with Crippen molar-refractivity contribution in [1.82, 2.24) is 19.9 Å². The minimum atomic E-state index is -0.625. The lowest BCUT2D eigenvalue weighted by Crippen LogP contribution is -2.34. The number of fused-ring (bicyclic) bond motifs is 2. The maximum absolute atomic E-state index is 9.90. The monoisotopic (exact) mass is 455 g/mol. The lowest BCUT2D eigenvalue weighted by atomic mass is 10.1. The zero-order valence-corrected chi connectivity index (χ0v) is 18.1. The zero-order valence-electron chi connectivity index (χ0n) is 17.4. The average molecular weight is 456 g/mol. The van der Waals surface area contributed by atoms with E-state index in [0.29, 0.717) is 34.5 Å². The van der Waals surface area contributed by atoms with Gasteiger partial charge in [0.05, 0.1) is 36.0 Å². The van der Waals surface area contributed by atoms with Gasteiger partial charge in [-0.05, 0) is 6.07 Å². The Morgan fingerprint density at radius 3 is 2.69 bits per heavy atom. The highest BCUT2D eigenvalue weighted by atomic mass is 35.5. The van der Waals surface area contributed by atoms with E-state index in [1.165, 1.54) is 0 Å². The number of likely N-dealkylation sites (N-methyl/N-ethyl adjacent to an activating group) is 1. The van der Waals surface area contributed by atoms with Crippen molar-refractivity contribution in [2.75, 3.05) is 33.4 Å². The van der Waals surface area contributed by atoms with E-state index in [-0.39, 0.29) is 24.9 Å². The first-order chi connectivity index (χ1) is 15.6. The number of benzene rings is 1. The van der Waals surface area contributed by atoms with Crippen LogP contribution >= 0.6 is 11.6 Å². The third kappa shape index (κ3) is 3.32. The lowest BCUT2D eigenvalue weighted by Gasteiger charge is -2.15. The first-order valence-electron chi connectivity index (χ1n) is 10.6. The van der Waals surface area contributed by atoms with Gasteiger partial charge in [0, 0.05) is 24.7 Å². The van der Waals surface area contributed by atoms with Gasteiger partial charge < -0.3 is 29.2 Å². The predicted molar refractivity (Wildman–Crippen MR) is 118 cm³/mol. The fourth-order valence-electron chi connectivity index (χ4n) is 4.46. The molecule has 9 nitrogen and oxygen atoms in total. The van der Waals surface area contributed by atoms with Crippen LogP contribution in [0.2, 0.25) is 5.02 Å². The number of imidazole rings is 1. The highest BCUT2D eigenvalue weighted by Crippen LogP contribution is 2.32. The fourth-order valence-corrected chi connectivity index (χ4v) is 4.72. The molecule has 3 aliphatic rings. The first kappa shape index (κ1) is 19.9. The molecule has 6 rings (SSSR count). The molecule has 2 unspecified atom stereocenters. The van der Waals surface area contributed by atoms with Crippen LogP contribution in [0.5, 0.6) is 6.01 Å². The number of ether oxygens (including phenoxy) is 3. The molecule has 10 heteroatoms. The number of hydrogen-bond acceptors (Lipinski definition) is 8. The molecule has 0 radical (unpaired) electrons. The van der Waals surface area contributed by atoms with Crippen molar-refractivity contribution in [2.45, 2.75) is 24.4 Å². The van der Waals surface area contributed by atoms with Crippen LogP contribution in [0.1, 0.15) is 5.56 Å². The van der Waals surface area contributed by atoms with E-state index in [1.54, 1.807) is 6.07 Å². The Bertz CT molecular complexity index is 1200. The van der Waals surface area contributed by atoms with E-state index in [4.69, 9.17) is 25.8 Å². The smallest absolute Gasteiger partial charge is 0.296 e. The van der Waals surface area contributed by atoms with Crippen LogP contribution in [-0.4, -0.2) is 88.6 Å². The molecule has 1 aromatic carbocycles. The van der Waals surface area contributed by atoms with Crippen molar-refractivity contribution in [3.8, 4) is 17.3 Å². The molecule has 0 amide bonds. The highest BCUT2D eigenvalue weighted by molar-refractivity contribution is 6.33. The number of hydrogen-bond donors (Lipinski definition) is 2. The summed E-state index contributed by atoms with van der Waals surface area (Å²) in [6.07, 6.45) is -1.65. The molecule has 2 saturated heterocycles. The van der Waals surface area contributed by atoms with E-state index in [1.807, 2.05) is 31.3 Å². The molecule has 2 fully saturated rings. The molecule has 5 heterocycles. The van der Waals surface area contributed by atoms with Crippen molar-refractivity contribution in [1.29, 1.82) is 0 Å². The van der Waals surface area contributed by atoms with E-state index in [9.17, 15) is 5.11 Å². The van der Waals surface area contributed by atoms with Gasteiger partial charge in [0.25, 0.3) is 6.01 Å². The number of aliphatic imine (C=N–C) groups is 1. The van der Waals surface area contributed by atoms with Gasteiger partial charge >= 0.3 is 0 Å². The summed E-state index contributed by atoms with van der Waals surface area (Å²) in [7, 11) is 2.04. The summed E-state index contributed by atoms with van der Waals surface area (Å²) in [6, 6.07) is 10.2. The molecule has 0 bridgehead atoms. The molecule has 4 atom stereocenters. The number of aliphatic hydroxyl groups excluding tert-OH is 1. The number of pyridine rings is 1. The Morgan fingerprint density at radius 1 is 1.12 bits per heavy atom. The van der Waals surface area contributed by atoms with E-state index >= 15 is 0 Å². The van der Waals surface area contributed by atoms with Gasteiger partial charge in [0.15, 0.2) is 11.8 Å². The fraction of sp³-hybridized carbons (Fsp3) is 0.409. The molecule has 0 aliphatic carbocycles. The second-order valence-corrected chi connectivity index (χ2v) is 8.66. The maximum atomic E-state index is 9.90. The molecular weight excluding hydrogens is 434 g/mol. The Kier molecular flexibility index (Phi) is 4.80. The molecular formula is C22H22ClN5O4. The van der Waals surface area contributed by atoms with Crippen molar-refractivity contribution in [3.63, 3.8) is 0 Å². The molecule has 3 aromatic rings. The average Bonchev–Trinajstić information content (AvgIpc) is 3.55. The van der Waals surface area contributed by atoms with Gasteiger partial charge in [-0.15, -0.1) is 0 Å². The molecule has 3 aliphatic heterocycles. The number of aliphatic hydroxyl groups is 1. The highest BCUT2D eigenvalue weighted by Gasteiger charge is 2.48. The second kappa shape index (κ2) is 7.70. The number of rotatable bonds is 4. The van der Waals surface area contributed by atoms with Crippen molar-refractivity contribution < 1.29 is 19.3 Å². The van der Waals surface area contributed by atoms with Crippen LogP contribution in [0.4, 0.5) is 0 Å². The Labute approximate surface area is 189 Å². The topological polar surface area (TPSA) is 105 Å². The third-order valence-corrected chi connectivity index (χ3v) is 6.41. The lowest BCUT2D eigenvalue weighted by molar-refractivity contribution is 0.00706.